The van der Waals surface area contributed by atoms with Crippen LogP contribution in [0.3, 0.4) is 0 Å². The molecular formula is C46H81NO13. The average Bonchev–Trinajstić information content (AvgIpc) is 3.24. The summed E-state index contributed by atoms with van der Waals surface area (Å²) in [5.41, 5.74) is 0. The fraction of sp³-hybridized carbons (Fsp3) is 0.804. The van der Waals surface area contributed by atoms with Crippen LogP contribution < -0.4 is 5.32 Å². The number of nitrogens with one attached hydrogen (secondary N) is 1. The molecule has 0 aromatic heterocycles. The Bertz CT molecular complexity index is 1200. The summed E-state index contributed by atoms with van der Waals surface area (Å²) in [6.45, 7) is 2.66. The molecule has 0 spiro atoms. The molecule has 12 unspecified atom stereocenters. The summed E-state index contributed by atoms with van der Waals surface area (Å²) in [5.74, 6) is -0.268. The van der Waals surface area contributed by atoms with Crippen LogP contribution in [0, 0.1) is 0 Å². The third-order valence-electron chi connectivity index (χ3n) is 11.0. The van der Waals surface area contributed by atoms with Crippen LogP contribution in [0.1, 0.15) is 142 Å². The van der Waals surface area contributed by atoms with E-state index < -0.39 is 86.8 Å². The zero-order valence-corrected chi connectivity index (χ0v) is 36.4. The van der Waals surface area contributed by atoms with Gasteiger partial charge in [-0.2, -0.15) is 0 Å². The number of amides is 1. The third kappa shape index (κ3) is 21.4. The van der Waals surface area contributed by atoms with Crippen molar-refractivity contribution < 1.29 is 64.6 Å². The van der Waals surface area contributed by atoms with E-state index in [1.807, 2.05) is 6.08 Å². The van der Waals surface area contributed by atoms with E-state index in [1.165, 1.54) is 44.9 Å². The third-order valence-corrected chi connectivity index (χ3v) is 11.0. The molecule has 348 valence electrons. The van der Waals surface area contributed by atoms with Crippen LogP contribution in [-0.4, -0.2) is 140 Å². The molecule has 0 aromatic rings. The Balaban J connectivity index is 1.93. The molecule has 2 fully saturated rings. The molecule has 0 saturated carbocycles. The molecule has 60 heavy (non-hydrogen) atoms. The first-order valence-electron chi connectivity index (χ1n) is 22.9. The summed E-state index contributed by atoms with van der Waals surface area (Å²) in [5, 5.41) is 86.4. The Kier molecular flexibility index (Phi) is 30.2. The number of hydrogen-bond acceptors (Lipinski definition) is 13. The predicted molar refractivity (Wildman–Crippen MR) is 231 cm³/mol. The van der Waals surface area contributed by atoms with Gasteiger partial charge in [0.05, 0.1) is 32.0 Å². The number of carbonyl (C=O) groups excluding carboxylic acids is 1. The quantitative estimate of drug-likeness (QED) is 0.0327. The Morgan fingerprint density at radius 2 is 1.08 bits per heavy atom. The summed E-state index contributed by atoms with van der Waals surface area (Å²) in [6.07, 6.45) is 20.2. The first kappa shape index (κ1) is 54.1. The standard InChI is InChI=1S/C46H81NO13/c1-3-5-7-9-11-13-15-17-18-20-22-24-26-28-30-38(51)47-34(35(50)29-27-25-23-21-19-16-14-12-10-8-6-4-2)33-57-45-43(56)41(54)44(37(32-49)59-45)60-46-42(55)40(53)39(52)36(31-48)58-46/h10,12,15,17,19,21,27,29,34-37,39-46,48-50,52-56H,3-9,11,13-14,16,18,20,22-26,28,30-33H2,1-2H3,(H,47,51)/b12-10+,17-15-,21-19+,29-27+. The minimum absolute atomic E-state index is 0.258. The summed E-state index contributed by atoms with van der Waals surface area (Å²) >= 11 is 0. The molecule has 2 heterocycles. The number of aliphatic hydroxyl groups excluding tert-OH is 8. The first-order chi connectivity index (χ1) is 29.1. The second-order valence-electron chi connectivity index (χ2n) is 16.2. The van der Waals surface area contributed by atoms with Gasteiger partial charge < -0.3 is 65.1 Å². The smallest absolute Gasteiger partial charge is 0.220 e. The van der Waals surface area contributed by atoms with E-state index in [0.29, 0.717) is 12.8 Å². The molecule has 12 atom stereocenters. The van der Waals surface area contributed by atoms with Crippen LogP contribution in [-0.2, 0) is 23.7 Å². The van der Waals surface area contributed by atoms with Gasteiger partial charge in [-0.3, -0.25) is 4.79 Å². The molecule has 14 nitrogen and oxygen atoms in total. The molecule has 1 amide bonds. The number of unbranched alkanes of at least 4 members (excludes halogenated alkanes) is 14. The normalized spacial score (nSPS) is 28.7. The van der Waals surface area contributed by atoms with Crippen LogP contribution in [0.2, 0.25) is 0 Å². The Morgan fingerprint density at radius 1 is 0.583 bits per heavy atom. The van der Waals surface area contributed by atoms with Gasteiger partial charge >= 0.3 is 0 Å². The van der Waals surface area contributed by atoms with Gasteiger partial charge in [0.2, 0.25) is 5.91 Å². The molecule has 2 rings (SSSR count). The molecule has 9 N–H and O–H groups in total. The molecule has 0 bridgehead atoms. The molecule has 2 aliphatic heterocycles. The van der Waals surface area contributed by atoms with Gasteiger partial charge in [-0.15, -0.1) is 0 Å². The van der Waals surface area contributed by atoms with E-state index in [0.717, 1.165) is 64.2 Å². The Labute approximate surface area is 359 Å². The highest BCUT2D eigenvalue weighted by atomic mass is 16.7. The van der Waals surface area contributed by atoms with Gasteiger partial charge in [-0.05, 0) is 64.2 Å². The monoisotopic (exact) mass is 856 g/mol. The Morgan fingerprint density at radius 3 is 1.68 bits per heavy atom. The van der Waals surface area contributed by atoms with E-state index in [2.05, 4.69) is 55.6 Å². The zero-order valence-electron chi connectivity index (χ0n) is 36.4. The van der Waals surface area contributed by atoms with Crippen molar-refractivity contribution in [2.24, 2.45) is 0 Å². The van der Waals surface area contributed by atoms with Crippen LogP contribution in [0.5, 0.6) is 0 Å². The minimum Gasteiger partial charge on any atom is -0.394 e. The van der Waals surface area contributed by atoms with Crippen LogP contribution >= 0.6 is 0 Å². The summed E-state index contributed by atoms with van der Waals surface area (Å²) < 4.78 is 22.6. The van der Waals surface area contributed by atoms with Crippen LogP contribution in [0.4, 0.5) is 0 Å². The van der Waals surface area contributed by atoms with Crippen molar-refractivity contribution in [1.29, 1.82) is 0 Å². The number of ether oxygens (including phenoxy) is 4. The number of rotatable bonds is 33. The number of hydrogen-bond donors (Lipinski definition) is 9. The molecule has 2 saturated heterocycles. The van der Waals surface area contributed by atoms with Gasteiger partial charge in [-0.25, -0.2) is 0 Å². The molecule has 0 radical (unpaired) electrons. The lowest BCUT2D eigenvalue weighted by molar-refractivity contribution is -0.359. The highest BCUT2D eigenvalue weighted by molar-refractivity contribution is 5.76. The lowest BCUT2D eigenvalue weighted by Crippen LogP contribution is -2.65. The highest BCUT2D eigenvalue weighted by Crippen LogP contribution is 2.30. The molecule has 2 aliphatic rings. The van der Waals surface area contributed by atoms with Crippen molar-refractivity contribution in [1.82, 2.24) is 5.32 Å². The second kappa shape index (κ2) is 33.5. The maximum atomic E-state index is 13.1. The van der Waals surface area contributed by atoms with E-state index in [9.17, 15) is 45.6 Å². The van der Waals surface area contributed by atoms with E-state index >= 15 is 0 Å². The van der Waals surface area contributed by atoms with Crippen molar-refractivity contribution in [3.63, 3.8) is 0 Å². The second-order valence-corrected chi connectivity index (χ2v) is 16.2. The summed E-state index contributed by atoms with van der Waals surface area (Å²) in [6, 6.07) is -0.939. The fourth-order valence-electron chi connectivity index (χ4n) is 7.12. The van der Waals surface area contributed by atoms with E-state index in [4.69, 9.17) is 18.9 Å². The van der Waals surface area contributed by atoms with E-state index in [1.54, 1.807) is 6.08 Å². The van der Waals surface area contributed by atoms with Crippen molar-refractivity contribution >= 4 is 5.91 Å². The van der Waals surface area contributed by atoms with Gasteiger partial charge in [-0.1, -0.05) is 120 Å². The SMILES string of the molecule is CCCC/C=C/CC/C=C/CC/C=C/C(O)C(COC1OC(CO)C(OC2OC(CO)C(O)C(O)C2O)C(O)C1O)NC(=O)CCCCCCC/C=C\CCCCCCC. The summed E-state index contributed by atoms with van der Waals surface area (Å²) in [7, 11) is 0. The lowest BCUT2D eigenvalue weighted by atomic mass is 9.97. The van der Waals surface area contributed by atoms with Gasteiger partial charge in [0, 0.05) is 6.42 Å². The first-order valence-corrected chi connectivity index (χ1v) is 22.9. The van der Waals surface area contributed by atoms with Crippen molar-refractivity contribution in [2.75, 3.05) is 19.8 Å². The largest absolute Gasteiger partial charge is 0.394 e. The van der Waals surface area contributed by atoms with Crippen molar-refractivity contribution in [3.8, 4) is 0 Å². The van der Waals surface area contributed by atoms with Crippen molar-refractivity contribution in [2.45, 2.75) is 216 Å². The number of carbonyl (C=O) groups is 1. The van der Waals surface area contributed by atoms with Crippen LogP contribution in [0.25, 0.3) is 0 Å². The maximum Gasteiger partial charge on any atom is 0.220 e. The van der Waals surface area contributed by atoms with Gasteiger partial charge in [0.15, 0.2) is 12.6 Å². The summed E-state index contributed by atoms with van der Waals surface area (Å²) in [4.78, 5) is 13.1. The Hall–Kier alpha value is -2.05. The predicted octanol–water partition coefficient (Wildman–Crippen LogP) is 4.54. The van der Waals surface area contributed by atoms with Gasteiger partial charge in [0.1, 0.15) is 48.8 Å². The number of allylic oxidation sites excluding steroid dienone is 7. The zero-order chi connectivity index (χ0) is 44.0. The molecule has 0 aromatic carbocycles. The topological polar surface area (TPSA) is 228 Å². The molecule has 0 aliphatic carbocycles. The van der Waals surface area contributed by atoms with Crippen LogP contribution in [0.15, 0.2) is 48.6 Å². The van der Waals surface area contributed by atoms with E-state index in [-0.39, 0.29) is 18.9 Å². The minimum atomic E-state index is -1.79. The fourth-order valence-corrected chi connectivity index (χ4v) is 7.12. The average molecular weight is 856 g/mol. The molecular weight excluding hydrogens is 774 g/mol. The number of aliphatic hydroxyl groups is 8. The van der Waals surface area contributed by atoms with Crippen molar-refractivity contribution in [3.05, 3.63) is 48.6 Å². The van der Waals surface area contributed by atoms with Gasteiger partial charge in [0.25, 0.3) is 0 Å². The highest BCUT2D eigenvalue weighted by Gasteiger charge is 2.50. The molecule has 14 heteroatoms. The lowest BCUT2D eigenvalue weighted by Gasteiger charge is -2.46. The maximum absolute atomic E-state index is 13.1.